The normalized spacial score (nSPS) is 16.0. The van der Waals surface area contributed by atoms with Crippen LogP contribution in [0, 0.1) is 0 Å². The van der Waals surface area contributed by atoms with Gasteiger partial charge in [0.05, 0.1) is 12.8 Å². The molecule has 2 aromatic carbocycles. The van der Waals surface area contributed by atoms with Gasteiger partial charge in [-0.3, -0.25) is 4.90 Å². The maximum Gasteiger partial charge on any atom is 0.120 e. The van der Waals surface area contributed by atoms with E-state index in [1.54, 1.807) is 7.11 Å². The Morgan fingerprint density at radius 2 is 1.80 bits per heavy atom. The largest absolute Gasteiger partial charge is 0.497 e. The summed E-state index contributed by atoms with van der Waals surface area (Å²) in [5.74, 6) is 0.895. The van der Waals surface area contributed by atoms with E-state index >= 15 is 0 Å². The van der Waals surface area contributed by atoms with Crippen LogP contribution < -0.4 is 9.64 Å². The Kier molecular flexibility index (Phi) is 5.90. The smallest absolute Gasteiger partial charge is 0.120 e. The fourth-order valence-electron chi connectivity index (χ4n) is 3.18. The van der Waals surface area contributed by atoms with Crippen molar-refractivity contribution < 1.29 is 9.94 Å². The predicted molar refractivity (Wildman–Crippen MR) is 101 cm³/mol. The first-order valence-corrected chi connectivity index (χ1v) is 8.68. The van der Waals surface area contributed by atoms with E-state index in [0.29, 0.717) is 0 Å². The summed E-state index contributed by atoms with van der Waals surface area (Å²) < 4.78 is 5.31. The predicted octanol–water partition coefficient (Wildman–Crippen LogP) is 3.09. The Hall–Kier alpha value is -2.53. The minimum absolute atomic E-state index is 0.746. The molecule has 0 aromatic heterocycles. The molecule has 132 valence electrons. The maximum atomic E-state index is 9.30. The second-order valence-corrected chi connectivity index (χ2v) is 6.19. The van der Waals surface area contributed by atoms with Crippen LogP contribution in [-0.4, -0.2) is 55.7 Å². The number of rotatable bonds is 6. The Labute approximate surface area is 149 Å². The molecule has 0 aliphatic carbocycles. The van der Waals surface area contributed by atoms with Crippen LogP contribution in [0.5, 0.6) is 5.75 Å². The van der Waals surface area contributed by atoms with Gasteiger partial charge in [0.25, 0.3) is 0 Å². The third-order valence-electron chi connectivity index (χ3n) is 4.68. The van der Waals surface area contributed by atoms with Gasteiger partial charge >= 0.3 is 0 Å². The minimum Gasteiger partial charge on any atom is -0.497 e. The lowest BCUT2D eigenvalue weighted by atomic mass is 10.1. The van der Waals surface area contributed by atoms with Gasteiger partial charge in [0.1, 0.15) is 5.75 Å². The molecule has 25 heavy (non-hydrogen) atoms. The molecule has 1 N–H and O–H groups in total. The molecular weight excluding hydrogens is 314 g/mol. The number of ether oxygens (including phenoxy) is 1. The number of methoxy groups -OCH3 is 1. The van der Waals surface area contributed by atoms with Gasteiger partial charge in [0.15, 0.2) is 0 Å². The summed E-state index contributed by atoms with van der Waals surface area (Å²) in [7, 11) is 1.70. The molecular formula is C20H25N3O2. The van der Waals surface area contributed by atoms with Gasteiger partial charge in [-0.15, -0.1) is 0 Å². The van der Waals surface area contributed by atoms with Crippen molar-refractivity contribution in [1.29, 1.82) is 0 Å². The van der Waals surface area contributed by atoms with Crippen molar-refractivity contribution in [3.8, 4) is 5.75 Å². The Balaban J connectivity index is 1.51. The third-order valence-corrected chi connectivity index (χ3v) is 4.68. The quantitative estimate of drug-likeness (QED) is 0.499. The van der Waals surface area contributed by atoms with Crippen molar-refractivity contribution in [1.82, 2.24) is 4.90 Å². The molecule has 1 aliphatic heterocycles. The van der Waals surface area contributed by atoms with Gasteiger partial charge in [-0.2, -0.15) is 0 Å². The number of hydrogen-bond acceptors (Lipinski definition) is 5. The highest BCUT2D eigenvalue weighted by Gasteiger charge is 2.18. The summed E-state index contributed by atoms with van der Waals surface area (Å²) in [6.07, 6.45) is 0.750. The van der Waals surface area contributed by atoms with E-state index in [0.717, 1.165) is 56.2 Å². The van der Waals surface area contributed by atoms with E-state index in [1.807, 2.05) is 42.5 Å². The van der Waals surface area contributed by atoms with Gasteiger partial charge in [-0.25, -0.2) is 0 Å². The zero-order valence-electron chi connectivity index (χ0n) is 14.6. The number of benzene rings is 2. The monoisotopic (exact) mass is 339 g/mol. The zero-order valence-corrected chi connectivity index (χ0v) is 14.6. The fourth-order valence-corrected chi connectivity index (χ4v) is 3.18. The van der Waals surface area contributed by atoms with Crippen molar-refractivity contribution in [3.05, 3.63) is 60.2 Å². The van der Waals surface area contributed by atoms with Crippen LogP contribution in [0.25, 0.3) is 0 Å². The molecule has 0 unspecified atom stereocenters. The van der Waals surface area contributed by atoms with E-state index in [-0.39, 0.29) is 0 Å². The van der Waals surface area contributed by atoms with E-state index in [2.05, 4.69) is 27.1 Å². The van der Waals surface area contributed by atoms with Gasteiger partial charge in [-0.05, 0) is 17.7 Å². The SMILES string of the molecule is COc1cccc(N2CCN(CC/C(=N/O)c3ccccc3)CC2)c1. The van der Waals surface area contributed by atoms with Crippen LogP contribution >= 0.6 is 0 Å². The number of oxime groups is 1. The first-order valence-electron chi connectivity index (χ1n) is 8.68. The molecule has 1 aliphatic rings. The molecule has 0 saturated carbocycles. The second-order valence-electron chi connectivity index (χ2n) is 6.19. The van der Waals surface area contributed by atoms with Gasteiger partial charge in [0, 0.05) is 50.9 Å². The number of piperazine rings is 1. The highest BCUT2D eigenvalue weighted by Crippen LogP contribution is 2.22. The van der Waals surface area contributed by atoms with Crippen molar-refractivity contribution >= 4 is 11.4 Å². The van der Waals surface area contributed by atoms with Crippen LogP contribution in [0.15, 0.2) is 59.8 Å². The molecule has 0 amide bonds. The lowest BCUT2D eigenvalue weighted by molar-refractivity contribution is 0.262. The summed E-state index contributed by atoms with van der Waals surface area (Å²) >= 11 is 0. The molecule has 5 nitrogen and oxygen atoms in total. The number of anilines is 1. The van der Waals surface area contributed by atoms with Gasteiger partial charge in [0.2, 0.25) is 0 Å². The minimum atomic E-state index is 0.746. The van der Waals surface area contributed by atoms with E-state index in [4.69, 9.17) is 4.74 Å². The van der Waals surface area contributed by atoms with Gasteiger partial charge in [-0.1, -0.05) is 41.6 Å². The van der Waals surface area contributed by atoms with Crippen molar-refractivity contribution in [2.24, 2.45) is 5.16 Å². The average molecular weight is 339 g/mol. The third kappa shape index (κ3) is 4.51. The molecule has 0 atom stereocenters. The lowest BCUT2D eigenvalue weighted by Crippen LogP contribution is -2.46. The molecule has 1 heterocycles. The van der Waals surface area contributed by atoms with Gasteiger partial charge < -0.3 is 14.8 Å². The lowest BCUT2D eigenvalue weighted by Gasteiger charge is -2.36. The first kappa shape index (κ1) is 17.3. The van der Waals surface area contributed by atoms with Crippen LogP contribution in [0.2, 0.25) is 0 Å². The molecule has 2 aromatic rings. The summed E-state index contributed by atoms with van der Waals surface area (Å²) in [5, 5.41) is 12.8. The Bertz CT molecular complexity index is 695. The maximum absolute atomic E-state index is 9.30. The molecule has 1 fully saturated rings. The van der Waals surface area contributed by atoms with Crippen LogP contribution in [-0.2, 0) is 0 Å². The Morgan fingerprint density at radius 1 is 1.04 bits per heavy atom. The van der Waals surface area contributed by atoms with Crippen LogP contribution in [0.3, 0.4) is 0 Å². The number of hydrogen-bond donors (Lipinski definition) is 1. The highest BCUT2D eigenvalue weighted by atomic mass is 16.5. The molecule has 0 radical (unpaired) electrons. The zero-order chi connectivity index (χ0) is 17.5. The van der Waals surface area contributed by atoms with Crippen LogP contribution in [0.4, 0.5) is 5.69 Å². The summed E-state index contributed by atoms with van der Waals surface area (Å²) in [4.78, 5) is 4.81. The average Bonchev–Trinajstić information content (AvgIpc) is 2.70. The molecule has 0 bridgehead atoms. The van der Waals surface area contributed by atoms with Crippen LogP contribution in [0.1, 0.15) is 12.0 Å². The van der Waals surface area contributed by atoms with Crippen molar-refractivity contribution in [2.75, 3.05) is 44.7 Å². The standard InChI is InChI=1S/C20H25N3O2/c1-25-19-9-5-8-18(16-19)23-14-12-22(13-15-23)11-10-20(21-24)17-6-3-2-4-7-17/h2-9,16,24H,10-15H2,1H3/b21-20-. The fraction of sp³-hybridized carbons (Fsp3) is 0.350. The summed E-state index contributed by atoms with van der Waals surface area (Å²) in [6, 6.07) is 18.1. The van der Waals surface area contributed by atoms with E-state index < -0.39 is 0 Å². The second kappa shape index (κ2) is 8.53. The van der Waals surface area contributed by atoms with Crippen molar-refractivity contribution in [2.45, 2.75) is 6.42 Å². The van der Waals surface area contributed by atoms with Crippen molar-refractivity contribution in [3.63, 3.8) is 0 Å². The molecule has 3 rings (SSSR count). The number of nitrogens with zero attached hydrogens (tertiary/aromatic N) is 3. The first-order chi connectivity index (χ1) is 12.3. The molecule has 1 saturated heterocycles. The molecule has 0 spiro atoms. The topological polar surface area (TPSA) is 48.3 Å². The summed E-state index contributed by atoms with van der Waals surface area (Å²) in [6.45, 7) is 4.89. The Morgan fingerprint density at radius 3 is 2.48 bits per heavy atom. The molecule has 5 heteroatoms. The summed E-state index contributed by atoms with van der Waals surface area (Å²) in [5.41, 5.74) is 2.94. The highest BCUT2D eigenvalue weighted by molar-refractivity contribution is 6.00. The van der Waals surface area contributed by atoms with E-state index in [9.17, 15) is 5.21 Å². The van der Waals surface area contributed by atoms with E-state index in [1.165, 1.54) is 5.69 Å².